The van der Waals surface area contributed by atoms with Gasteiger partial charge in [-0.25, -0.2) is 36.8 Å². The van der Waals surface area contributed by atoms with Crippen molar-refractivity contribution >= 4 is 25.6 Å². The van der Waals surface area contributed by atoms with Crippen LogP contribution in [0.2, 0.25) is 0 Å². The number of hydrogen-bond donors (Lipinski definition) is 1. The minimum absolute atomic E-state index is 0.178. The van der Waals surface area contributed by atoms with E-state index in [4.69, 9.17) is 5.73 Å². The summed E-state index contributed by atoms with van der Waals surface area (Å²) in [6.07, 6.45) is 7.25. The first-order chi connectivity index (χ1) is 13.4. The maximum absolute atomic E-state index is 11.7. The predicted octanol–water partition coefficient (Wildman–Crippen LogP) is 0.506. The molecule has 0 saturated carbocycles. The van der Waals surface area contributed by atoms with E-state index in [-0.39, 0.29) is 15.9 Å². The summed E-state index contributed by atoms with van der Waals surface area (Å²) in [4.78, 5) is 27.1. The number of hydrogen-bond acceptors (Lipinski definition) is 9. The van der Waals surface area contributed by atoms with Crippen LogP contribution in [-0.4, -0.2) is 55.2 Å². The molecule has 3 aromatic rings. The number of benzene rings is 1. The van der Waals surface area contributed by atoms with Crippen LogP contribution in [0.5, 0.6) is 0 Å². The van der Waals surface area contributed by atoms with Crippen molar-refractivity contribution < 1.29 is 21.6 Å². The molecule has 0 spiro atoms. The van der Waals surface area contributed by atoms with Crippen molar-refractivity contribution in [2.45, 2.75) is 10.3 Å². The van der Waals surface area contributed by atoms with Crippen LogP contribution in [0.15, 0.2) is 53.3 Å². The first-order valence-electron chi connectivity index (χ1n) is 7.95. The van der Waals surface area contributed by atoms with E-state index in [9.17, 15) is 21.6 Å². The molecule has 0 bridgehead atoms. The molecule has 0 aliphatic heterocycles. The molecule has 0 saturated heterocycles. The van der Waals surface area contributed by atoms with Gasteiger partial charge >= 0.3 is 0 Å². The van der Waals surface area contributed by atoms with Gasteiger partial charge in [-0.2, -0.15) is 0 Å². The molecule has 3 rings (SSSR count). The second-order valence-electron chi connectivity index (χ2n) is 6.22. The highest BCUT2D eigenvalue weighted by Crippen LogP contribution is 2.27. The Kier molecular flexibility index (Phi) is 5.15. The molecule has 0 fully saturated rings. The van der Waals surface area contributed by atoms with Gasteiger partial charge in [0, 0.05) is 54.0 Å². The molecule has 12 heteroatoms. The van der Waals surface area contributed by atoms with Crippen molar-refractivity contribution in [2.24, 2.45) is 5.73 Å². The van der Waals surface area contributed by atoms with E-state index in [2.05, 4.69) is 19.9 Å². The van der Waals surface area contributed by atoms with E-state index in [1.165, 1.54) is 36.9 Å². The lowest BCUT2D eigenvalue weighted by molar-refractivity contribution is 0.100. The Hall–Kier alpha value is -3.25. The van der Waals surface area contributed by atoms with Crippen molar-refractivity contribution in [3.8, 4) is 22.3 Å². The predicted molar refractivity (Wildman–Crippen MR) is 103 cm³/mol. The summed E-state index contributed by atoms with van der Waals surface area (Å²) < 4.78 is 46.1. The van der Waals surface area contributed by atoms with E-state index < -0.39 is 25.6 Å². The molecule has 150 valence electrons. The Morgan fingerprint density at radius 1 is 0.690 bits per heavy atom. The highest BCUT2D eigenvalue weighted by atomic mass is 32.2. The van der Waals surface area contributed by atoms with E-state index in [0.29, 0.717) is 22.3 Å². The van der Waals surface area contributed by atoms with Gasteiger partial charge in [0.2, 0.25) is 35.9 Å². The number of amides is 1. The van der Waals surface area contributed by atoms with E-state index in [1.54, 1.807) is 6.07 Å². The second-order valence-corrected chi connectivity index (χ2v) is 10.0. The van der Waals surface area contributed by atoms with Crippen LogP contribution in [0.25, 0.3) is 22.3 Å². The fourth-order valence-electron chi connectivity index (χ4n) is 2.42. The van der Waals surface area contributed by atoms with Crippen molar-refractivity contribution in [3.05, 3.63) is 48.5 Å². The van der Waals surface area contributed by atoms with Crippen LogP contribution in [0, 0.1) is 0 Å². The van der Waals surface area contributed by atoms with Crippen LogP contribution >= 0.6 is 0 Å². The standard InChI is InChI=1S/C17H15N5O5S2/c1-28(24,25)16-19-6-13(7-20-16)10-3-11(5-12(4-10)15(18)23)14-8-21-17(22-9-14)29(2,26)27/h3-9H,1-2H3,(H2,18,23). The molecule has 1 amide bonds. The second kappa shape index (κ2) is 7.29. The largest absolute Gasteiger partial charge is 0.366 e. The third kappa shape index (κ3) is 4.60. The average molecular weight is 433 g/mol. The van der Waals surface area contributed by atoms with Crippen molar-refractivity contribution in [2.75, 3.05) is 12.5 Å². The van der Waals surface area contributed by atoms with Gasteiger partial charge in [-0.1, -0.05) is 0 Å². The van der Waals surface area contributed by atoms with Crippen LogP contribution in [0.1, 0.15) is 10.4 Å². The average Bonchev–Trinajstić information content (AvgIpc) is 2.66. The minimum Gasteiger partial charge on any atom is -0.366 e. The lowest BCUT2D eigenvalue weighted by atomic mass is 9.98. The number of carbonyl (C=O) groups is 1. The quantitative estimate of drug-likeness (QED) is 0.564. The number of primary amides is 1. The summed E-state index contributed by atoms with van der Waals surface area (Å²) in [5.41, 5.74) is 7.50. The summed E-state index contributed by atoms with van der Waals surface area (Å²) in [7, 11) is -7.11. The Morgan fingerprint density at radius 3 is 1.31 bits per heavy atom. The molecular formula is C17H15N5O5S2. The molecule has 0 radical (unpaired) electrons. The molecule has 0 aliphatic carbocycles. The molecule has 2 N–H and O–H groups in total. The van der Waals surface area contributed by atoms with Crippen LogP contribution in [0.4, 0.5) is 0 Å². The molecule has 1 aromatic carbocycles. The van der Waals surface area contributed by atoms with Crippen LogP contribution < -0.4 is 5.73 Å². The van der Waals surface area contributed by atoms with Gasteiger partial charge < -0.3 is 5.73 Å². The molecule has 2 aromatic heterocycles. The van der Waals surface area contributed by atoms with Gasteiger partial charge in [0.05, 0.1) is 0 Å². The van der Waals surface area contributed by atoms with Gasteiger partial charge in [-0.3, -0.25) is 4.79 Å². The Morgan fingerprint density at radius 2 is 1.03 bits per heavy atom. The maximum atomic E-state index is 11.7. The summed E-state index contributed by atoms with van der Waals surface area (Å²) in [6, 6.07) is 4.69. The highest BCUT2D eigenvalue weighted by Gasteiger charge is 2.15. The summed E-state index contributed by atoms with van der Waals surface area (Å²) in [5, 5.41) is -0.644. The minimum atomic E-state index is -3.55. The van der Waals surface area contributed by atoms with Crippen molar-refractivity contribution in [3.63, 3.8) is 0 Å². The fraction of sp³-hybridized carbons (Fsp3) is 0.118. The zero-order chi connectivity index (χ0) is 21.4. The molecule has 0 atom stereocenters. The van der Waals surface area contributed by atoms with E-state index >= 15 is 0 Å². The zero-order valence-electron chi connectivity index (χ0n) is 15.3. The van der Waals surface area contributed by atoms with Crippen molar-refractivity contribution in [1.82, 2.24) is 19.9 Å². The number of carbonyl (C=O) groups excluding carboxylic acids is 1. The number of aromatic nitrogens is 4. The SMILES string of the molecule is CS(=O)(=O)c1ncc(-c2cc(C(N)=O)cc(-c3cnc(S(C)(=O)=O)nc3)c2)cn1. The smallest absolute Gasteiger partial charge is 0.248 e. The number of sulfone groups is 2. The Balaban J connectivity index is 2.10. The third-order valence-electron chi connectivity index (χ3n) is 3.80. The van der Waals surface area contributed by atoms with Gasteiger partial charge in [0.1, 0.15) is 0 Å². The Labute approximate surface area is 166 Å². The Bertz CT molecular complexity index is 1210. The maximum Gasteiger partial charge on any atom is 0.248 e. The number of nitrogens with zero attached hydrogens (tertiary/aromatic N) is 4. The van der Waals surface area contributed by atoms with Gasteiger partial charge in [-0.15, -0.1) is 0 Å². The number of rotatable bonds is 5. The summed E-state index contributed by atoms with van der Waals surface area (Å²) >= 11 is 0. The highest BCUT2D eigenvalue weighted by molar-refractivity contribution is 7.90. The number of nitrogens with two attached hydrogens (primary N) is 1. The van der Waals surface area contributed by atoms with Gasteiger partial charge in [-0.05, 0) is 29.3 Å². The zero-order valence-corrected chi connectivity index (χ0v) is 16.9. The monoisotopic (exact) mass is 433 g/mol. The van der Waals surface area contributed by atoms with E-state index in [0.717, 1.165) is 12.5 Å². The third-order valence-corrected chi connectivity index (χ3v) is 5.55. The van der Waals surface area contributed by atoms with E-state index in [1.807, 2.05) is 0 Å². The first-order valence-corrected chi connectivity index (χ1v) is 11.7. The van der Waals surface area contributed by atoms with Gasteiger partial charge in [0.25, 0.3) is 0 Å². The fourth-order valence-corrected chi connectivity index (χ4v) is 3.39. The lowest BCUT2D eigenvalue weighted by Crippen LogP contribution is -2.11. The molecule has 0 aliphatic rings. The molecule has 29 heavy (non-hydrogen) atoms. The van der Waals surface area contributed by atoms with Gasteiger partial charge in [0.15, 0.2) is 0 Å². The molecule has 0 unspecified atom stereocenters. The molecular weight excluding hydrogens is 418 g/mol. The summed E-state index contributed by atoms with van der Waals surface area (Å²) in [6.45, 7) is 0. The van der Waals surface area contributed by atoms with Crippen LogP contribution in [-0.2, 0) is 19.7 Å². The topological polar surface area (TPSA) is 163 Å². The summed E-state index contributed by atoms with van der Waals surface area (Å²) in [5.74, 6) is -0.685. The normalized spacial score (nSPS) is 11.9. The molecule has 10 nitrogen and oxygen atoms in total. The lowest BCUT2D eigenvalue weighted by Gasteiger charge is -2.09. The van der Waals surface area contributed by atoms with Crippen LogP contribution in [0.3, 0.4) is 0 Å². The molecule has 2 heterocycles. The first kappa shape index (κ1) is 20.5. The van der Waals surface area contributed by atoms with Crippen molar-refractivity contribution in [1.29, 1.82) is 0 Å².